The highest BCUT2D eigenvalue weighted by atomic mass is 16.5. The predicted molar refractivity (Wildman–Crippen MR) is 132 cm³/mol. The molecule has 1 heterocycles. The van der Waals surface area contributed by atoms with Gasteiger partial charge in [0.1, 0.15) is 17.3 Å². The standard InChI is InChI=1S/C27H34N2O5/c1-17(2)33-20-13-11-19(12-14-20)25(30)23-24(21-9-7-8-10-22(21)34-18(3)4)29(16-15-28(5)6)27(32)26(23)31/h7-14,17-18,24,30H,15-16H2,1-6H3/b25-23-. The number of aliphatic hydroxyl groups is 1. The van der Waals surface area contributed by atoms with Crippen LogP contribution in [0.4, 0.5) is 0 Å². The van der Waals surface area contributed by atoms with Gasteiger partial charge in [-0.25, -0.2) is 0 Å². The molecule has 0 spiro atoms. The fourth-order valence-electron chi connectivity index (χ4n) is 3.93. The van der Waals surface area contributed by atoms with Crippen molar-refractivity contribution in [1.29, 1.82) is 0 Å². The van der Waals surface area contributed by atoms with Crippen molar-refractivity contribution in [2.75, 3.05) is 27.2 Å². The second kappa shape index (κ2) is 10.7. The summed E-state index contributed by atoms with van der Waals surface area (Å²) in [5.41, 5.74) is 1.16. The third kappa shape index (κ3) is 5.59. The summed E-state index contributed by atoms with van der Waals surface area (Å²) >= 11 is 0. The van der Waals surface area contributed by atoms with Crippen molar-refractivity contribution in [3.63, 3.8) is 0 Å². The van der Waals surface area contributed by atoms with Gasteiger partial charge in [0.05, 0.1) is 23.8 Å². The highest BCUT2D eigenvalue weighted by Gasteiger charge is 2.46. The molecule has 1 aliphatic heterocycles. The minimum absolute atomic E-state index is 0.0129. The topological polar surface area (TPSA) is 79.3 Å². The quantitative estimate of drug-likeness (QED) is 0.338. The summed E-state index contributed by atoms with van der Waals surface area (Å²) in [5, 5.41) is 11.3. The first-order chi connectivity index (χ1) is 16.1. The molecule has 1 N–H and O–H groups in total. The SMILES string of the molecule is CC(C)Oc1ccc(/C(O)=C2/C(=O)C(=O)N(CCN(C)C)C2c2ccccc2OC(C)C)cc1. The van der Waals surface area contributed by atoms with Crippen molar-refractivity contribution in [2.24, 2.45) is 0 Å². The second-order valence-electron chi connectivity index (χ2n) is 9.19. The third-order valence-electron chi connectivity index (χ3n) is 5.40. The second-order valence-corrected chi connectivity index (χ2v) is 9.19. The minimum atomic E-state index is -0.763. The van der Waals surface area contributed by atoms with Crippen LogP contribution >= 0.6 is 0 Å². The number of ether oxygens (including phenoxy) is 2. The summed E-state index contributed by atoms with van der Waals surface area (Å²) < 4.78 is 11.7. The van der Waals surface area contributed by atoms with E-state index in [0.29, 0.717) is 35.7 Å². The van der Waals surface area contributed by atoms with E-state index < -0.39 is 17.7 Å². The summed E-state index contributed by atoms with van der Waals surface area (Å²) in [7, 11) is 3.81. The van der Waals surface area contributed by atoms with E-state index in [1.165, 1.54) is 4.90 Å². The van der Waals surface area contributed by atoms with Crippen LogP contribution in [0.2, 0.25) is 0 Å². The Morgan fingerprint density at radius 2 is 1.59 bits per heavy atom. The lowest BCUT2D eigenvalue weighted by Crippen LogP contribution is -2.35. The maximum Gasteiger partial charge on any atom is 0.295 e. The smallest absolute Gasteiger partial charge is 0.295 e. The number of benzene rings is 2. The third-order valence-corrected chi connectivity index (χ3v) is 5.40. The monoisotopic (exact) mass is 466 g/mol. The molecule has 1 amide bonds. The Hall–Kier alpha value is -3.32. The van der Waals surface area contributed by atoms with Crippen molar-refractivity contribution in [3.05, 3.63) is 65.2 Å². The first kappa shape index (κ1) is 25.3. The molecule has 1 aliphatic rings. The van der Waals surface area contributed by atoms with Gasteiger partial charge < -0.3 is 24.4 Å². The van der Waals surface area contributed by atoms with E-state index in [0.717, 1.165) is 0 Å². The Morgan fingerprint density at radius 1 is 0.971 bits per heavy atom. The Bertz CT molecular complexity index is 1060. The van der Waals surface area contributed by atoms with Gasteiger partial charge in [0, 0.05) is 24.2 Å². The number of para-hydroxylation sites is 1. The molecule has 7 heteroatoms. The molecule has 1 atom stereocenters. The van der Waals surface area contributed by atoms with E-state index in [4.69, 9.17) is 9.47 Å². The van der Waals surface area contributed by atoms with Crippen LogP contribution < -0.4 is 9.47 Å². The van der Waals surface area contributed by atoms with Crippen LogP contribution in [0.15, 0.2) is 54.1 Å². The lowest BCUT2D eigenvalue weighted by Gasteiger charge is -2.28. The van der Waals surface area contributed by atoms with Crippen molar-refractivity contribution >= 4 is 17.4 Å². The molecule has 1 fully saturated rings. The lowest BCUT2D eigenvalue weighted by molar-refractivity contribution is -0.140. The molecule has 1 saturated heterocycles. The molecule has 0 radical (unpaired) electrons. The zero-order valence-electron chi connectivity index (χ0n) is 20.7. The summed E-state index contributed by atoms with van der Waals surface area (Å²) in [4.78, 5) is 29.8. The average molecular weight is 467 g/mol. The number of nitrogens with zero attached hydrogens (tertiary/aromatic N) is 2. The number of hydrogen-bond donors (Lipinski definition) is 1. The van der Waals surface area contributed by atoms with Crippen LogP contribution in [0.5, 0.6) is 11.5 Å². The maximum absolute atomic E-state index is 13.2. The molecule has 34 heavy (non-hydrogen) atoms. The van der Waals surface area contributed by atoms with E-state index in [-0.39, 0.29) is 23.5 Å². The number of Topliss-reactive ketones (excluding diaryl/α,β-unsaturated/α-hetero) is 1. The first-order valence-corrected chi connectivity index (χ1v) is 11.6. The normalized spacial score (nSPS) is 17.8. The lowest BCUT2D eigenvalue weighted by atomic mass is 9.94. The van der Waals surface area contributed by atoms with Gasteiger partial charge in [0.2, 0.25) is 0 Å². The van der Waals surface area contributed by atoms with Crippen LogP contribution in [0.1, 0.15) is 44.9 Å². The molecule has 0 saturated carbocycles. The zero-order chi connectivity index (χ0) is 25.0. The van der Waals surface area contributed by atoms with Gasteiger partial charge in [-0.05, 0) is 72.1 Å². The number of hydrogen-bond acceptors (Lipinski definition) is 6. The Kier molecular flexibility index (Phi) is 7.99. The summed E-state index contributed by atoms with van der Waals surface area (Å²) in [6, 6.07) is 13.4. The van der Waals surface area contributed by atoms with Crippen LogP contribution in [-0.2, 0) is 9.59 Å². The number of carbonyl (C=O) groups is 2. The van der Waals surface area contributed by atoms with Gasteiger partial charge in [-0.3, -0.25) is 9.59 Å². The van der Waals surface area contributed by atoms with Crippen LogP contribution in [-0.4, -0.2) is 66.0 Å². The van der Waals surface area contributed by atoms with Gasteiger partial charge in [0.25, 0.3) is 11.7 Å². The minimum Gasteiger partial charge on any atom is -0.507 e. The van der Waals surface area contributed by atoms with Crippen molar-refractivity contribution < 1.29 is 24.2 Å². The number of amides is 1. The Balaban J connectivity index is 2.13. The molecule has 0 bridgehead atoms. The van der Waals surface area contributed by atoms with Crippen LogP contribution in [0, 0.1) is 0 Å². The van der Waals surface area contributed by atoms with Crippen molar-refractivity contribution in [3.8, 4) is 11.5 Å². The number of ketones is 1. The van der Waals surface area contributed by atoms with Crippen molar-refractivity contribution in [2.45, 2.75) is 45.9 Å². The zero-order valence-corrected chi connectivity index (χ0v) is 20.7. The first-order valence-electron chi connectivity index (χ1n) is 11.6. The van der Waals surface area contributed by atoms with E-state index in [9.17, 15) is 14.7 Å². The highest BCUT2D eigenvalue weighted by molar-refractivity contribution is 6.46. The van der Waals surface area contributed by atoms with E-state index >= 15 is 0 Å². The summed E-state index contributed by atoms with van der Waals surface area (Å²) in [5.74, 6) is -0.321. The van der Waals surface area contributed by atoms with E-state index in [1.807, 2.05) is 71.0 Å². The molecule has 1 unspecified atom stereocenters. The van der Waals surface area contributed by atoms with Crippen LogP contribution in [0.25, 0.3) is 5.76 Å². The predicted octanol–water partition coefficient (Wildman–Crippen LogP) is 4.24. The molecule has 0 aliphatic carbocycles. The fraction of sp³-hybridized carbons (Fsp3) is 0.407. The molecule has 3 rings (SSSR count). The molecule has 0 aromatic heterocycles. The van der Waals surface area contributed by atoms with E-state index in [2.05, 4.69) is 0 Å². The molecule has 7 nitrogen and oxygen atoms in total. The van der Waals surface area contributed by atoms with Gasteiger partial charge in [-0.1, -0.05) is 18.2 Å². The number of rotatable bonds is 9. The van der Waals surface area contributed by atoms with Gasteiger partial charge in [0.15, 0.2) is 0 Å². The largest absolute Gasteiger partial charge is 0.507 e. The maximum atomic E-state index is 13.2. The number of carbonyl (C=O) groups excluding carboxylic acids is 2. The number of likely N-dealkylation sites (N-methyl/N-ethyl adjacent to an activating group) is 1. The van der Waals surface area contributed by atoms with Gasteiger partial charge in [-0.15, -0.1) is 0 Å². The molecule has 182 valence electrons. The van der Waals surface area contributed by atoms with Gasteiger partial charge >= 0.3 is 0 Å². The van der Waals surface area contributed by atoms with E-state index in [1.54, 1.807) is 24.3 Å². The number of likely N-dealkylation sites (tertiary alicyclic amines) is 1. The average Bonchev–Trinajstić information content (AvgIpc) is 3.02. The van der Waals surface area contributed by atoms with Crippen LogP contribution in [0.3, 0.4) is 0 Å². The molecule has 2 aromatic carbocycles. The molecular formula is C27H34N2O5. The van der Waals surface area contributed by atoms with Gasteiger partial charge in [-0.2, -0.15) is 0 Å². The number of aliphatic hydroxyl groups excluding tert-OH is 1. The fourth-order valence-corrected chi connectivity index (χ4v) is 3.93. The van der Waals surface area contributed by atoms with Crippen molar-refractivity contribution in [1.82, 2.24) is 9.80 Å². The summed E-state index contributed by atoms with van der Waals surface area (Å²) in [6.07, 6.45) is -0.0855. The Morgan fingerprint density at radius 3 is 2.18 bits per heavy atom. The molecular weight excluding hydrogens is 432 g/mol. The Labute approximate surface area is 201 Å². The molecule has 2 aromatic rings. The highest BCUT2D eigenvalue weighted by Crippen LogP contribution is 2.42. The summed E-state index contributed by atoms with van der Waals surface area (Å²) in [6.45, 7) is 8.59.